The number of rotatable bonds is 4. The second kappa shape index (κ2) is 4.41. The van der Waals surface area contributed by atoms with Crippen molar-refractivity contribution in [1.29, 1.82) is 0 Å². The fraction of sp³-hybridized carbons (Fsp3) is 0.231. The zero-order valence-electron chi connectivity index (χ0n) is 9.81. The van der Waals surface area contributed by atoms with Crippen LogP contribution in [0.4, 0.5) is 0 Å². The Balaban J connectivity index is 2.27. The predicted octanol–water partition coefficient (Wildman–Crippen LogP) is 2.32. The molecule has 1 amide bonds. The van der Waals surface area contributed by atoms with Crippen LogP contribution < -0.4 is 5.32 Å². The van der Waals surface area contributed by atoms with E-state index in [1.807, 2.05) is 38.1 Å². The third kappa shape index (κ3) is 2.36. The van der Waals surface area contributed by atoms with E-state index in [0.717, 1.165) is 16.8 Å². The third-order valence-electron chi connectivity index (χ3n) is 2.75. The van der Waals surface area contributed by atoms with Gasteiger partial charge >= 0.3 is 0 Å². The highest BCUT2D eigenvalue weighted by Gasteiger charge is 2.18. The molecular weight excluding hydrogens is 216 g/mol. The van der Waals surface area contributed by atoms with E-state index in [1.165, 1.54) is 6.39 Å². The van der Waals surface area contributed by atoms with Gasteiger partial charge in [-0.3, -0.25) is 4.79 Å². The van der Waals surface area contributed by atoms with Crippen LogP contribution in [0.2, 0.25) is 0 Å². The number of hydrogen-bond donors (Lipinski definition) is 1. The predicted molar refractivity (Wildman–Crippen MR) is 64.2 cm³/mol. The van der Waals surface area contributed by atoms with E-state index < -0.39 is 0 Å². The second-order valence-corrected chi connectivity index (χ2v) is 4.34. The van der Waals surface area contributed by atoms with Gasteiger partial charge in [0.15, 0.2) is 6.39 Å². The number of nitrogens with zero attached hydrogens (tertiary/aromatic N) is 1. The summed E-state index contributed by atoms with van der Waals surface area (Å²) in [5.74, 6) is 0. The summed E-state index contributed by atoms with van der Waals surface area (Å²) in [6, 6.07) is 7.86. The van der Waals surface area contributed by atoms with Gasteiger partial charge in [-0.1, -0.05) is 24.3 Å². The maximum atomic E-state index is 10.5. The number of carbonyl (C=O) groups excluding carboxylic acids is 1. The molecule has 0 spiro atoms. The lowest BCUT2D eigenvalue weighted by Gasteiger charge is -2.24. The first-order valence-corrected chi connectivity index (χ1v) is 5.34. The minimum absolute atomic E-state index is 0.371. The lowest BCUT2D eigenvalue weighted by Crippen LogP contribution is -2.35. The Kier molecular flexibility index (Phi) is 2.95. The summed E-state index contributed by atoms with van der Waals surface area (Å²) in [4.78, 5) is 14.6. The first-order valence-electron chi connectivity index (χ1n) is 5.34. The molecule has 1 aromatic heterocycles. The van der Waals surface area contributed by atoms with Crippen molar-refractivity contribution in [2.45, 2.75) is 19.4 Å². The molecule has 0 aliphatic carbocycles. The van der Waals surface area contributed by atoms with Crippen LogP contribution in [0.3, 0.4) is 0 Å². The largest absolute Gasteiger partial charge is 0.451 e. The highest BCUT2D eigenvalue weighted by Crippen LogP contribution is 2.23. The molecule has 0 saturated heterocycles. The Morgan fingerprint density at radius 3 is 2.53 bits per heavy atom. The Morgan fingerprint density at radius 2 is 2.00 bits per heavy atom. The van der Waals surface area contributed by atoms with Gasteiger partial charge in [0.1, 0.15) is 12.0 Å². The normalized spacial score (nSPS) is 11.2. The van der Waals surface area contributed by atoms with Gasteiger partial charge in [-0.15, -0.1) is 0 Å². The molecule has 2 aromatic rings. The number of aromatic nitrogens is 1. The molecule has 0 radical (unpaired) electrons. The molecule has 0 aliphatic rings. The van der Waals surface area contributed by atoms with Crippen molar-refractivity contribution in [3.63, 3.8) is 0 Å². The number of hydrogen-bond acceptors (Lipinski definition) is 3. The van der Waals surface area contributed by atoms with Gasteiger partial charge in [0, 0.05) is 5.56 Å². The molecule has 0 unspecified atom stereocenters. The van der Waals surface area contributed by atoms with E-state index in [0.29, 0.717) is 6.41 Å². The van der Waals surface area contributed by atoms with Crippen LogP contribution in [-0.4, -0.2) is 11.4 Å². The Bertz CT molecular complexity index is 487. The van der Waals surface area contributed by atoms with Crippen molar-refractivity contribution in [3.8, 4) is 11.3 Å². The molecule has 0 bridgehead atoms. The van der Waals surface area contributed by atoms with E-state index in [-0.39, 0.29) is 5.54 Å². The molecule has 4 nitrogen and oxygen atoms in total. The van der Waals surface area contributed by atoms with Gasteiger partial charge in [-0.05, 0) is 19.4 Å². The van der Waals surface area contributed by atoms with E-state index in [2.05, 4.69) is 10.3 Å². The lowest BCUT2D eigenvalue weighted by atomic mass is 9.93. The average molecular weight is 230 g/mol. The van der Waals surface area contributed by atoms with E-state index in [4.69, 9.17) is 4.42 Å². The van der Waals surface area contributed by atoms with Crippen LogP contribution in [0.15, 0.2) is 41.3 Å². The molecule has 1 N–H and O–H groups in total. The maximum Gasteiger partial charge on any atom is 0.207 e. The first kappa shape index (κ1) is 11.4. The number of nitrogens with one attached hydrogen (secondary N) is 1. The Morgan fingerprint density at radius 1 is 1.29 bits per heavy atom. The highest BCUT2D eigenvalue weighted by atomic mass is 16.3. The zero-order chi connectivity index (χ0) is 12.3. The number of carbonyl (C=O) groups is 1. The maximum absolute atomic E-state index is 10.5. The van der Waals surface area contributed by atoms with Crippen LogP contribution >= 0.6 is 0 Å². The van der Waals surface area contributed by atoms with Crippen molar-refractivity contribution in [1.82, 2.24) is 10.3 Å². The zero-order valence-corrected chi connectivity index (χ0v) is 9.81. The molecule has 0 aliphatic heterocycles. The molecule has 4 heteroatoms. The van der Waals surface area contributed by atoms with Crippen LogP contribution in [-0.2, 0) is 10.3 Å². The van der Waals surface area contributed by atoms with E-state index in [9.17, 15) is 4.79 Å². The highest BCUT2D eigenvalue weighted by molar-refractivity contribution is 5.58. The van der Waals surface area contributed by atoms with Crippen molar-refractivity contribution in [2.75, 3.05) is 0 Å². The van der Waals surface area contributed by atoms with Gasteiger partial charge in [-0.2, -0.15) is 0 Å². The summed E-state index contributed by atoms with van der Waals surface area (Å²) < 4.78 is 4.94. The van der Waals surface area contributed by atoms with Crippen molar-refractivity contribution in [2.24, 2.45) is 0 Å². The number of amides is 1. The summed E-state index contributed by atoms with van der Waals surface area (Å²) in [6.45, 7) is 3.90. The second-order valence-electron chi connectivity index (χ2n) is 4.34. The van der Waals surface area contributed by atoms with Crippen LogP contribution in [0.1, 0.15) is 19.4 Å². The number of oxazole rings is 1. The summed E-state index contributed by atoms with van der Waals surface area (Å²) in [6.07, 6.45) is 3.72. The van der Waals surface area contributed by atoms with Crippen LogP contribution in [0, 0.1) is 0 Å². The lowest BCUT2D eigenvalue weighted by molar-refractivity contribution is -0.111. The van der Waals surface area contributed by atoms with E-state index in [1.54, 1.807) is 6.26 Å². The molecule has 1 heterocycles. The average Bonchev–Trinajstić information content (AvgIpc) is 2.82. The summed E-state index contributed by atoms with van der Waals surface area (Å²) in [5, 5.41) is 2.78. The van der Waals surface area contributed by atoms with Gasteiger partial charge < -0.3 is 9.73 Å². The van der Waals surface area contributed by atoms with Gasteiger partial charge in [0.25, 0.3) is 0 Å². The fourth-order valence-corrected chi connectivity index (χ4v) is 1.64. The molecular formula is C13H14N2O2. The summed E-state index contributed by atoms with van der Waals surface area (Å²) >= 11 is 0. The molecule has 17 heavy (non-hydrogen) atoms. The van der Waals surface area contributed by atoms with Gasteiger partial charge in [-0.25, -0.2) is 4.98 Å². The quantitative estimate of drug-likeness (QED) is 0.820. The molecule has 2 rings (SSSR count). The van der Waals surface area contributed by atoms with Crippen LogP contribution in [0.5, 0.6) is 0 Å². The Hall–Kier alpha value is -2.10. The SMILES string of the molecule is CC(C)(NC=O)c1ccc(-c2cocn2)cc1. The minimum atomic E-state index is -0.371. The van der Waals surface area contributed by atoms with E-state index >= 15 is 0 Å². The number of benzene rings is 1. The molecule has 1 aromatic carbocycles. The minimum Gasteiger partial charge on any atom is -0.451 e. The summed E-state index contributed by atoms with van der Waals surface area (Å²) in [5.41, 5.74) is 2.46. The van der Waals surface area contributed by atoms with Crippen molar-refractivity contribution in [3.05, 3.63) is 42.5 Å². The molecule has 0 saturated carbocycles. The van der Waals surface area contributed by atoms with Crippen molar-refractivity contribution < 1.29 is 9.21 Å². The smallest absolute Gasteiger partial charge is 0.207 e. The molecule has 0 fully saturated rings. The first-order chi connectivity index (χ1) is 8.13. The molecule has 0 atom stereocenters. The molecule has 88 valence electrons. The monoisotopic (exact) mass is 230 g/mol. The Labute approximate surface area is 99.7 Å². The standard InChI is InChI=1S/C13H14N2O2/c1-13(2,15-8-16)11-5-3-10(4-6-11)12-7-17-9-14-12/h3-9H,1-2H3,(H,15,16). The summed E-state index contributed by atoms with van der Waals surface area (Å²) in [7, 11) is 0. The van der Waals surface area contributed by atoms with Gasteiger partial charge in [0.2, 0.25) is 6.41 Å². The fourth-order valence-electron chi connectivity index (χ4n) is 1.64. The third-order valence-corrected chi connectivity index (χ3v) is 2.75. The van der Waals surface area contributed by atoms with Crippen LogP contribution in [0.25, 0.3) is 11.3 Å². The van der Waals surface area contributed by atoms with Gasteiger partial charge in [0.05, 0.1) is 5.54 Å². The topological polar surface area (TPSA) is 55.1 Å². The van der Waals surface area contributed by atoms with Crippen molar-refractivity contribution >= 4 is 6.41 Å².